The predicted octanol–water partition coefficient (Wildman–Crippen LogP) is 2.66. The van der Waals surface area contributed by atoms with Crippen LogP contribution in [-0.4, -0.2) is 19.1 Å². The summed E-state index contributed by atoms with van der Waals surface area (Å²) in [4.78, 5) is 0. The van der Waals surface area contributed by atoms with Crippen molar-refractivity contribution in [3.05, 3.63) is 29.6 Å². The molecule has 2 nitrogen and oxygen atoms in total. The molecular weight excluding hydrogens is 229 g/mol. The molecule has 1 aliphatic heterocycles. The third kappa shape index (κ3) is 3.12. The molecule has 1 saturated heterocycles. The fraction of sp³-hybridized carbons (Fsp3) is 0.500. The van der Waals surface area contributed by atoms with Gasteiger partial charge in [0.05, 0.1) is 5.69 Å². The second kappa shape index (κ2) is 5.40. The number of nitrogens with one attached hydrogen (secondary N) is 2. The minimum atomic E-state index is -1.15. The molecule has 0 bridgehead atoms. The van der Waals surface area contributed by atoms with Gasteiger partial charge in [0, 0.05) is 18.2 Å². The fourth-order valence-electron chi connectivity index (χ4n) is 2.04. The molecule has 2 N–H and O–H groups in total. The van der Waals surface area contributed by atoms with Gasteiger partial charge in [0.1, 0.15) is 5.82 Å². The van der Waals surface area contributed by atoms with Crippen LogP contribution in [-0.2, 0) is 0 Å². The van der Waals surface area contributed by atoms with Gasteiger partial charge in [-0.15, -0.1) is 0 Å². The smallest absolute Gasteiger partial charge is 0.182 e. The molecule has 1 aliphatic rings. The first-order valence-corrected chi connectivity index (χ1v) is 5.78. The third-order valence-electron chi connectivity index (χ3n) is 2.93. The number of anilines is 1. The average Bonchev–Trinajstić information content (AvgIpc) is 2.54. The van der Waals surface area contributed by atoms with Gasteiger partial charge in [0.25, 0.3) is 0 Å². The van der Waals surface area contributed by atoms with Crippen LogP contribution >= 0.6 is 0 Å². The van der Waals surface area contributed by atoms with Gasteiger partial charge in [0.2, 0.25) is 0 Å². The van der Waals surface area contributed by atoms with Crippen LogP contribution in [0.2, 0.25) is 0 Å². The largest absolute Gasteiger partial charge is 0.380 e. The van der Waals surface area contributed by atoms with E-state index in [1.807, 2.05) is 0 Å². The highest BCUT2D eigenvalue weighted by molar-refractivity contribution is 5.46. The van der Waals surface area contributed by atoms with Gasteiger partial charge in [-0.3, -0.25) is 0 Å². The highest BCUT2D eigenvalue weighted by atomic mass is 19.2. The van der Waals surface area contributed by atoms with E-state index < -0.39 is 17.5 Å². The lowest BCUT2D eigenvalue weighted by atomic mass is 10.1. The number of benzene rings is 1. The second-order valence-corrected chi connectivity index (χ2v) is 4.27. The van der Waals surface area contributed by atoms with Gasteiger partial charge >= 0.3 is 0 Å². The number of halogens is 3. The summed E-state index contributed by atoms with van der Waals surface area (Å²) in [5.74, 6) is -2.93. The zero-order chi connectivity index (χ0) is 12.3. The zero-order valence-corrected chi connectivity index (χ0v) is 9.40. The molecule has 1 aromatic carbocycles. The first-order valence-electron chi connectivity index (χ1n) is 5.78. The van der Waals surface area contributed by atoms with E-state index in [-0.39, 0.29) is 11.7 Å². The number of hydrogen-bond donors (Lipinski definition) is 2. The van der Waals surface area contributed by atoms with Crippen LogP contribution in [0.3, 0.4) is 0 Å². The normalized spacial score (nSPS) is 21.0. The summed E-state index contributed by atoms with van der Waals surface area (Å²) < 4.78 is 39.4. The lowest BCUT2D eigenvalue weighted by Gasteiger charge is -2.18. The van der Waals surface area contributed by atoms with Crippen molar-refractivity contribution in [1.29, 1.82) is 0 Å². The Labute approximate surface area is 98.2 Å². The summed E-state index contributed by atoms with van der Waals surface area (Å²) in [5, 5.41) is 6.09. The van der Waals surface area contributed by atoms with E-state index >= 15 is 0 Å². The molecule has 0 amide bonds. The molecule has 1 aromatic rings. The molecule has 1 unspecified atom stereocenters. The molecule has 94 valence electrons. The molecule has 0 spiro atoms. The van der Waals surface area contributed by atoms with Gasteiger partial charge in [-0.05, 0) is 32.4 Å². The Bertz CT molecular complexity index is 388. The molecular formula is C12H15F3N2. The van der Waals surface area contributed by atoms with E-state index in [0.717, 1.165) is 38.4 Å². The van der Waals surface area contributed by atoms with Gasteiger partial charge in [-0.2, -0.15) is 0 Å². The van der Waals surface area contributed by atoms with E-state index in [1.54, 1.807) is 0 Å². The lowest BCUT2D eigenvalue weighted by molar-refractivity contribution is 0.494. The van der Waals surface area contributed by atoms with Crippen molar-refractivity contribution in [2.75, 3.05) is 18.4 Å². The van der Waals surface area contributed by atoms with Crippen molar-refractivity contribution in [2.24, 2.45) is 0 Å². The van der Waals surface area contributed by atoms with Crippen molar-refractivity contribution in [1.82, 2.24) is 5.32 Å². The van der Waals surface area contributed by atoms with Crippen LogP contribution in [0.15, 0.2) is 12.1 Å². The van der Waals surface area contributed by atoms with Gasteiger partial charge in [-0.25, -0.2) is 13.2 Å². The molecule has 5 heteroatoms. The Kier molecular flexibility index (Phi) is 3.89. The molecule has 2 rings (SSSR count). The Morgan fingerprint density at radius 1 is 1.12 bits per heavy atom. The third-order valence-corrected chi connectivity index (χ3v) is 2.93. The Balaban J connectivity index is 2.11. The van der Waals surface area contributed by atoms with Crippen molar-refractivity contribution in [3.63, 3.8) is 0 Å². The van der Waals surface area contributed by atoms with Crippen LogP contribution in [0.5, 0.6) is 0 Å². The maximum absolute atomic E-state index is 13.4. The molecule has 1 heterocycles. The summed E-state index contributed by atoms with van der Waals surface area (Å²) in [6.45, 7) is 1.76. The maximum Gasteiger partial charge on any atom is 0.182 e. The average molecular weight is 244 g/mol. The summed E-state index contributed by atoms with van der Waals surface area (Å²) in [6, 6.07) is 1.60. The van der Waals surface area contributed by atoms with Gasteiger partial charge < -0.3 is 10.6 Å². The second-order valence-electron chi connectivity index (χ2n) is 4.27. The quantitative estimate of drug-likeness (QED) is 0.781. The monoisotopic (exact) mass is 244 g/mol. The van der Waals surface area contributed by atoms with Crippen LogP contribution in [0.25, 0.3) is 0 Å². The van der Waals surface area contributed by atoms with Crippen LogP contribution in [0.1, 0.15) is 19.3 Å². The molecule has 0 aliphatic carbocycles. The predicted molar refractivity (Wildman–Crippen MR) is 60.4 cm³/mol. The molecule has 17 heavy (non-hydrogen) atoms. The highest BCUT2D eigenvalue weighted by Gasteiger charge is 2.16. The summed E-state index contributed by atoms with van der Waals surface area (Å²) in [5.41, 5.74) is -0.0885. The van der Waals surface area contributed by atoms with E-state index in [0.29, 0.717) is 6.07 Å². The van der Waals surface area contributed by atoms with E-state index in [9.17, 15) is 13.2 Å². The topological polar surface area (TPSA) is 24.1 Å². The minimum absolute atomic E-state index is 0.0562. The molecule has 0 radical (unpaired) electrons. The van der Waals surface area contributed by atoms with Crippen LogP contribution in [0.4, 0.5) is 18.9 Å². The minimum Gasteiger partial charge on any atom is -0.380 e. The molecule has 0 saturated carbocycles. The van der Waals surface area contributed by atoms with E-state index in [2.05, 4.69) is 10.6 Å². The highest BCUT2D eigenvalue weighted by Crippen LogP contribution is 2.21. The van der Waals surface area contributed by atoms with Gasteiger partial charge in [-0.1, -0.05) is 0 Å². The van der Waals surface area contributed by atoms with Crippen molar-refractivity contribution in [3.8, 4) is 0 Å². The molecule has 1 atom stereocenters. The van der Waals surface area contributed by atoms with Crippen molar-refractivity contribution >= 4 is 5.69 Å². The van der Waals surface area contributed by atoms with Gasteiger partial charge in [0.15, 0.2) is 11.6 Å². The van der Waals surface area contributed by atoms with Crippen LogP contribution in [0, 0.1) is 17.5 Å². The lowest BCUT2D eigenvalue weighted by Crippen LogP contribution is -2.22. The Morgan fingerprint density at radius 2 is 1.94 bits per heavy atom. The van der Waals surface area contributed by atoms with Crippen molar-refractivity contribution in [2.45, 2.75) is 25.3 Å². The maximum atomic E-state index is 13.4. The number of hydrogen-bond acceptors (Lipinski definition) is 2. The zero-order valence-electron chi connectivity index (χ0n) is 9.40. The van der Waals surface area contributed by atoms with Crippen LogP contribution < -0.4 is 10.6 Å². The molecule has 0 aromatic heterocycles. The fourth-order valence-corrected chi connectivity index (χ4v) is 2.04. The van der Waals surface area contributed by atoms with Crippen molar-refractivity contribution < 1.29 is 13.2 Å². The summed E-state index contributed by atoms with van der Waals surface area (Å²) in [7, 11) is 0. The van der Waals surface area contributed by atoms with E-state index in [4.69, 9.17) is 0 Å². The first kappa shape index (κ1) is 12.2. The van der Waals surface area contributed by atoms with E-state index in [1.165, 1.54) is 0 Å². The number of rotatable bonds is 2. The first-order chi connectivity index (χ1) is 8.16. The SMILES string of the molecule is Fc1cc(F)c(F)c(NC2CCCNCC2)c1. The molecule has 1 fully saturated rings. The Hall–Kier alpha value is -1.23. The standard InChI is InChI=1S/C12H15F3N2/c13-8-6-10(14)12(15)11(7-8)17-9-2-1-4-16-5-3-9/h6-7,9,16-17H,1-5H2. The summed E-state index contributed by atoms with van der Waals surface area (Å²) in [6.07, 6.45) is 2.65. The summed E-state index contributed by atoms with van der Waals surface area (Å²) >= 11 is 0. The Morgan fingerprint density at radius 3 is 2.76 bits per heavy atom.